The number of thiophene rings is 1. The summed E-state index contributed by atoms with van der Waals surface area (Å²) in [7, 11) is 0. The van der Waals surface area contributed by atoms with Crippen molar-refractivity contribution in [3.63, 3.8) is 0 Å². The van der Waals surface area contributed by atoms with Crippen LogP contribution in [0.4, 0.5) is 13.2 Å². The zero-order valence-electron chi connectivity index (χ0n) is 7.36. The lowest BCUT2D eigenvalue weighted by Gasteiger charge is -2.17. The maximum absolute atomic E-state index is 12.5. The largest absolute Gasteiger partial charge is 0.397 e. The summed E-state index contributed by atoms with van der Waals surface area (Å²) in [5, 5.41) is 1.79. The van der Waals surface area contributed by atoms with E-state index in [0.29, 0.717) is 5.56 Å². The molecule has 1 aromatic rings. The molecule has 1 rings (SSSR count). The van der Waals surface area contributed by atoms with E-state index in [1.165, 1.54) is 0 Å². The van der Waals surface area contributed by atoms with Gasteiger partial charge in [-0.1, -0.05) is 11.6 Å². The van der Waals surface area contributed by atoms with Gasteiger partial charge in [0.2, 0.25) is 0 Å². The van der Waals surface area contributed by atoms with Crippen LogP contribution in [0.3, 0.4) is 0 Å². The highest BCUT2D eigenvalue weighted by atomic mass is 35.5. The van der Waals surface area contributed by atoms with Gasteiger partial charge in [-0.2, -0.15) is 13.2 Å². The fourth-order valence-corrected chi connectivity index (χ4v) is 2.54. The molecule has 1 heterocycles. The van der Waals surface area contributed by atoms with E-state index in [-0.39, 0.29) is 9.90 Å². The van der Waals surface area contributed by atoms with Gasteiger partial charge < -0.3 is 5.73 Å². The second-order valence-electron chi connectivity index (χ2n) is 2.93. The molecule has 6 heteroatoms. The lowest BCUT2D eigenvalue weighted by Crippen LogP contribution is -2.27. The first-order valence-corrected chi connectivity index (χ1v) is 5.14. The van der Waals surface area contributed by atoms with E-state index in [4.69, 9.17) is 17.3 Å². The highest BCUT2D eigenvalue weighted by molar-refractivity contribution is 7.10. The van der Waals surface area contributed by atoms with Crippen molar-refractivity contribution in [1.29, 1.82) is 0 Å². The molecule has 0 saturated carbocycles. The average molecular weight is 244 g/mol. The van der Waals surface area contributed by atoms with E-state index in [0.717, 1.165) is 11.3 Å². The minimum absolute atomic E-state index is 0.110. The molecule has 0 bridgehead atoms. The molecule has 1 aromatic heterocycles. The third kappa shape index (κ3) is 2.21. The van der Waals surface area contributed by atoms with E-state index in [1.54, 1.807) is 12.3 Å². The van der Waals surface area contributed by atoms with Gasteiger partial charge in [0.25, 0.3) is 0 Å². The van der Waals surface area contributed by atoms with Crippen molar-refractivity contribution in [3.05, 3.63) is 20.8 Å². The van der Waals surface area contributed by atoms with Gasteiger partial charge in [-0.15, -0.1) is 11.3 Å². The lowest BCUT2D eigenvalue weighted by molar-refractivity contribution is -0.147. The minimum Gasteiger partial charge on any atom is -0.329 e. The third-order valence-electron chi connectivity index (χ3n) is 1.87. The molecular weight excluding hydrogens is 235 g/mol. The molecular formula is C8H9ClF3NS. The van der Waals surface area contributed by atoms with Gasteiger partial charge in [-0.25, -0.2) is 0 Å². The van der Waals surface area contributed by atoms with Gasteiger partial charge in [0.15, 0.2) is 0 Å². The molecule has 0 aliphatic rings. The molecule has 80 valence electrons. The molecule has 1 nitrogen and oxygen atoms in total. The van der Waals surface area contributed by atoms with Gasteiger partial charge >= 0.3 is 6.18 Å². The van der Waals surface area contributed by atoms with Gasteiger partial charge in [-0.3, -0.25) is 0 Å². The Labute approximate surface area is 88.7 Å². The van der Waals surface area contributed by atoms with Crippen LogP contribution in [0.25, 0.3) is 0 Å². The topological polar surface area (TPSA) is 26.0 Å². The van der Waals surface area contributed by atoms with Crippen molar-refractivity contribution in [2.24, 2.45) is 5.73 Å². The van der Waals surface area contributed by atoms with Crippen LogP contribution in [0.15, 0.2) is 5.38 Å². The van der Waals surface area contributed by atoms with Crippen LogP contribution in [-0.2, 0) is 0 Å². The number of hydrogen-bond acceptors (Lipinski definition) is 2. The highest BCUT2D eigenvalue weighted by Crippen LogP contribution is 2.41. The second kappa shape index (κ2) is 4.08. The first-order valence-electron chi connectivity index (χ1n) is 3.88. The Morgan fingerprint density at radius 1 is 1.57 bits per heavy atom. The fourth-order valence-electron chi connectivity index (χ4n) is 1.07. The molecule has 0 spiro atoms. The van der Waals surface area contributed by atoms with Gasteiger partial charge in [0.05, 0.1) is 5.02 Å². The number of hydrogen-bond donors (Lipinski definition) is 1. The third-order valence-corrected chi connectivity index (χ3v) is 3.70. The Hall–Kier alpha value is -0.260. The summed E-state index contributed by atoms with van der Waals surface area (Å²) in [6.45, 7) is 1.20. The molecule has 14 heavy (non-hydrogen) atoms. The predicted octanol–water partition coefficient (Wildman–Crippen LogP) is 3.31. The molecule has 0 radical (unpaired) electrons. The Morgan fingerprint density at radius 2 is 2.14 bits per heavy atom. The SMILES string of the molecule is Cc1csc(C(CN)C(F)(F)F)c1Cl. The Kier molecular flexibility index (Phi) is 3.44. The standard InChI is InChI=1S/C8H9ClF3NS/c1-4-3-14-7(6(4)9)5(2-13)8(10,11)12/h3,5H,2,13H2,1H3. The van der Waals surface area contributed by atoms with E-state index in [1.807, 2.05) is 0 Å². The van der Waals surface area contributed by atoms with Crippen LogP contribution in [0, 0.1) is 6.92 Å². The highest BCUT2D eigenvalue weighted by Gasteiger charge is 2.41. The first kappa shape index (κ1) is 11.8. The smallest absolute Gasteiger partial charge is 0.329 e. The van der Waals surface area contributed by atoms with Gasteiger partial charge in [0.1, 0.15) is 5.92 Å². The zero-order chi connectivity index (χ0) is 10.9. The molecule has 0 amide bonds. The molecule has 1 unspecified atom stereocenters. The lowest BCUT2D eigenvalue weighted by atomic mass is 10.1. The summed E-state index contributed by atoms with van der Waals surface area (Å²) >= 11 is 6.75. The predicted molar refractivity (Wildman–Crippen MR) is 51.9 cm³/mol. The van der Waals surface area contributed by atoms with Crippen LogP contribution in [0.2, 0.25) is 5.02 Å². The number of aryl methyl sites for hydroxylation is 1. The Bertz CT molecular complexity index is 321. The van der Waals surface area contributed by atoms with Crippen LogP contribution in [0.5, 0.6) is 0 Å². The second-order valence-corrected chi connectivity index (χ2v) is 4.22. The van der Waals surface area contributed by atoms with Crippen molar-refractivity contribution in [2.45, 2.75) is 19.0 Å². The van der Waals surface area contributed by atoms with Crippen LogP contribution in [0.1, 0.15) is 16.4 Å². The number of nitrogens with two attached hydrogens (primary N) is 1. The molecule has 0 fully saturated rings. The van der Waals surface area contributed by atoms with Crippen molar-refractivity contribution < 1.29 is 13.2 Å². The van der Waals surface area contributed by atoms with E-state index >= 15 is 0 Å². The van der Waals surface area contributed by atoms with Crippen LogP contribution in [-0.4, -0.2) is 12.7 Å². The Balaban J connectivity index is 3.08. The van der Waals surface area contributed by atoms with Gasteiger partial charge in [-0.05, 0) is 17.9 Å². The summed E-state index contributed by atoms with van der Waals surface area (Å²) in [5.41, 5.74) is 5.76. The molecule has 1 atom stereocenters. The van der Waals surface area contributed by atoms with Crippen LogP contribution >= 0.6 is 22.9 Å². The van der Waals surface area contributed by atoms with Crippen molar-refractivity contribution >= 4 is 22.9 Å². The van der Waals surface area contributed by atoms with Crippen molar-refractivity contribution in [1.82, 2.24) is 0 Å². The van der Waals surface area contributed by atoms with Crippen molar-refractivity contribution in [2.75, 3.05) is 6.54 Å². The molecule has 2 N–H and O–H groups in total. The maximum atomic E-state index is 12.5. The normalized spacial score (nSPS) is 14.4. The number of rotatable bonds is 2. The maximum Gasteiger partial charge on any atom is 0.397 e. The van der Waals surface area contributed by atoms with E-state index < -0.39 is 18.6 Å². The summed E-state index contributed by atoms with van der Waals surface area (Å²) in [6.07, 6.45) is -4.32. The molecule has 0 aromatic carbocycles. The average Bonchev–Trinajstić information content (AvgIpc) is 2.35. The van der Waals surface area contributed by atoms with E-state index in [9.17, 15) is 13.2 Å². The molecule has 0 aliphatic carbocycles. The van der Waals surface area contributed by atoms with Gasteiger partial charge in [0, 0.05) is 11.4 Å². The zero-order valence-corrected chi connectivity index (χ0v) is 8.93. The quantitative estimate of drug-likeness (QED) is 0.847. The molecule has 0 saturated heterocycles. The van der Waals surface area contributed by atoms with Crippen LogP contribution < -0.4 is 5.73 Å². The minimum atomic E-state index is -4.32. The monoisotopic (exact) mass is 243 g/mol. The number of halogens is 4. The fraction of sp³-hybridized carbons (Fsp3) is 0.500. The summed E-state index contributed by atoms with van der Waals surface area (Å²) in [5.74, 6) is -1.64. The summed E-state index contributed by atoms with van der Waals surface area (Å²) in [6, 6.07) is 0. The number of alkyl halides is 3. The first-order chi connectivity index (χ1) is 6.38. The van der Waals surface area contributed by atoms with E-state index in [2.05, 4.69) is 0 Å². The molecule has 0 aliphatic heterocycles. The summed E-state index contributed by atoms with van der Waals surface area (Å²) in [4.78, 5) is 0.110. The Morgan fingerprint density at radius 3 is 2.43 bits per heavy atom. The summed E-state index contributed by atoms with van der Waals surface area (Å²) < 4.78 is 37.4. The van der Waals surface area contributed by atoms with Crippen molar-refractivity contribution in [3.8, 4) is 0 Å².